The van der Waals surface area contributed by atoms with Crippen LogP contribution in [0.4, 0.5) is 5.69 Å². The Labute approximate surface area is 200 Å². The zero-order valence-corrected chi connectivity index (χ0v) is 20.2. The first-order valence-electron chi connectivity index (χ1n) is 11.6. The van der Waals surface area contributed by atoms with Crippen LogP contribution in [0, 0.1) is 0 Å². The number of hydrogen-bond donors (Lipinski definition) is 0. The number of anilines is 1. The van der Waals surface area contributed by atoms with Crippen LogP contribution in [-0.2, 0) is 20.7 Å². The van der Waals surface area contributed by atoms with Gasteiger partial charge in [-0.25, -0.2) is 4.79 Å². The van der Waals surface area contributed by atoms with E-state index >= 15 is 0 Å². The van der Waals surface area contributed by atoms with Crippen LogP contribution in [-0.4, -0.2) is 61.9 Å². The minimum atomic E-state index is -1.30. The van der Waals surface area contributed by atoms with Crippen LogP contribution in [0.15, 0.2) is 53.4 Å². The first-order chi connectivity index (χ1) is 16.1. The lowest BCUT2D eigenvalue weighted by atomic mass is 9.96. The normalized spacial score (nSPS) is 20.9. The van der Waals surface area contributed by atoms with E-state index in [1.54, 1.807) is 7.11 Å². The highest BCUT2D eigenvalue weighted by atomic mass is 32.2. The van der Waals surface area contributed by atoms with Gasteiger partial charge in [-0.3, -0.25) is 4.79 Å². The zero-order valence-electron chi connectivity index (χ0n) is 19.4. The average molecular weight is 469 g/mol. The van der Waals surface area contributed by atoms with Gasteiger partial charge >= 0.3 is 5.97 Å². The van der Waals surface area contributed by atoms with E-state index in [2.05, 4.69) is 4.90 Å². The molecule has 176 valence electrons. The summed E-state index contributed by atoms with van der Waals surface area (Å²) in [5.74, 6) is 0.120. The number of carbonyl (C=O) groups excluding carboxylic acids is 2. The largest absolute Gasteiger partial charge is 0.497 e. The summed E-state index contributed by atoms with van der Waals surface area (Å²) in [4.78, 5) is 32.3. The number of benzene rings is 2. The third-order valence-corrected chi connectivity index (χ3v) is 8.02. The molecule has 0 bridgehead atoms. The topological polar surface area (TPSA) is 59.1 Å². The Balaban J connectivity index is 1.60. The lowest BCUT2D eigenvalue weighted by Crippen LogP contribution is -2.56. The number of rotatable bonds is 8. The Kier molecular flexibility index (Phi) is 7.60. The number of likely N-dealkylation sites (tertiary alicyclic amines) is 1. The predicted molar refractivity (Wildman–Crippen MR) is 131 cm³/mol. The number of aryl methyl sites for hydroxylation is 1. The first kappa shape index (κ1) is 23.6. The van der Waals surface area contributed by atoms with Crippen LogP contribution >= 0.6 is 11.8 Å². The molecule has 1 saturated heterocycles. The van der Waals surface area contributed by atoms with Crippen LogP contribution in [0.5, 0.6) is 5.75 Å². The number of hydrogen-bond acceptors (Lipinski definition) is 6. The Morgan fingerprint density at radius 3 is 2.42 bits per heavy atom. The first-order valence-corrected chi connectivity index (χ1v) is 12.4. The Bertz CT molecular complexity index is 975. The molecule has 4 rings (SSSR count). The van der Waals surface area contributed by atoms with E-state index in [4.69, 9.17) is 9.47 Å². The van der Waals surface area contributed by atoms with Gasteiger partial charge in [0.05, 0.1) is 19.9 Å². The quantitative estimate of drug-likeness (QED) is 0.428. The Morgan fingerprint density at radius 2 is 1.73 bits per heavy atom. The molecule has 0 radical (unpaired) electrons. The Hall–Kier alpha value is -2.51. The number of ether oxygens (including phenoxy) is 2. The molecule has 2 aromatic carbocycles. The second kappa shape index (κ2) is 10.6. The summed E-state index contributed by atoms with van der Waals surface area (Å²) in [5.41, 5.74) is 1.93. The van der Waals surface area contributed by atoms with Gasteiger partial charge in [-0.2, -0.15) is 0 Å². The minimum absolute atomic E-state index is 0.177. The number of methoxy groups -OCH3 is 2. The molecule has 33 heavy (non-hydrogen) atoms. The van der Waals surface area contributed by atoms with Gasteiger partial charge in [-0.1, -0.05) is 42.4 Å². The summed E-state index contributed by atoms with van der Waals surface area (Å²) in [5, 5.41) is 0. The third kappa shape index (κ3) is 5.04. The molecule has 2 heterocycles. The summed E-state index contributed by atoms with van der Waals surface area (Å²) >= 11 is 1.33. The molecule has 1 unspecified atom stereocenters. The maximum Gasteiger partial charge on any atom is 0.332 e. The molecule has 0 spiro atoms. The predicted octanol–water partition coefficient (Wildman–Crippen LogP) is 4.16. The lowest BCUT2D eigenvalue weighted by Gasteiger charge is -2.41. The molecule has 7 heteroatoms. The van der Waals surface area contributed by atoms with Gasteiger partial charge in [0, 0.05) is 18.0 Å². The fourth-order valence-corrected chi connectivity index (χ4v) is 6.01. The van der Waals surface area contributed by atoms with Crippen molar-refractivity contribution in [3.8, 4) is 5.75 Å². The number of para-hydroxylation sites is 1. The molecule has 0 aliphatic carbocycles. The van der Waals surface area contributed by atoms with Crippen molar-refractivity contribution in [3.05, 3.63) is 54.1 Å². The van der Waals surface area contributed by atoms with E-state index < -0.39 is 10.7 Å². The molecule has 1 atom stereocenters. The molecule has 1 fully saturated rings. The van der Waals surface area contributed by atoms with Crippen LogP contribution in [0.3, 0.4) is 0 Å². The minimum Gasteiger partial charge on any atom is -0.497 e. The van der Waals surface area contributed by atoms with Crippen molar-refractivity contribution in [2.24, 2.45) is 0 Å². The molecular formula is C26H32N2O4S. The van der Waals surface area contributed by atoms with E-state index in [9.17, 15) is 9.59 Å². The smallest absolute Gasteiger partial charge is 0.332 e. The monoisotopic (exact) mass is 468 g/mol. The van der Waals surface area contributed by atoms with Crippen molar-refractivity contribution >= 4 is 29.3 Å². The van der Waals surface area contributed by atoms with Gasteiger partial charge < -0.3 is 19.3 Å². The van der Waals surface area contributed by atoms with Crippen molar-refractivity contribution in [3.63, 3.8) is 0 Å². The van der Waals surface area contributed by atoms with Crippen LogP contribution in [0.25, 0.3) is 0 Å². The average Bonchev–Trinajstić information content (AvgIpc) is 2.87. The number of fused-ring (bicyclic) bond motifs is 1. The summed E-state index contributed by atoms with van der Waals surface area (Å²) in [6, 6.07) is 15.6. The van der Waals surface area contributed by atoms with Crippen LogP contribution < -0.4 is 9.64 Å². The maximum absolute atomic E-state index is 14.0. The number of esters is 1. The fourth-order valence-electron chi connectivity index (χ4n) is 4.64. The highest BCUT2D eigenvalue weighted by Crippen LogP contribution is 2.48. The van der Waals surface area contributed by atoms with E-state index in [-0.39, 0.29) is 5.91 Å². The third-order valence-electron chi connectivity index (χ3n) is 6.56. The van der Waals surface area contributed by atoms with Crippen molar-refractivity contribution in [1.82, 2.24) is 4.90 Å². The van der Waals surface area contributed by atoms with Crippen molar-refractivity contribution in [1.29, 1.82) is 0 Å². The molecule has 1 amide bonds. The van der Waals surface area contributed by atoms with Gasteiger partial charge in [0.2, 0.25) is 0 Å². The molecule has 2 aliphatic heterocycles. The fraction of sp³-hybridized carbons (Fsp3) is 0.462. The molecule has 6 nitrogen and oxygen atoms in total. The molecule has 0 N–H and O–H groups in total. The van der Waals surface area contributed by atoms with E-state index in [0.29, 0.717) is 19.4 Å². The van der Waals surface area contributed by atoms with Gasteiger partial charge in [-0.05, 0) is 68.6 Å². The van der Waals surface area contributed by atoms with Crippen molar-refractivity contribution in [2.45, 2.75) is 41.7 Å². The second-order valence-electron chi connectivity index (χ2n) is 8.60. The van der Waals surface area contributed by atoms with Crippen molar-refractivity contribution < 1.29 is 19.1 Å². The summed E-state index contributed by atoms with van der Waals surface area (Å²) in [6.07, 6.45) is 4.63. The Morgan fingerprint density at radius 1 is 1.00 bits per heavy atom. The number of carbonyl (C=O) groups is 2. The van der Waals surface area contributed by atoms with Crippen LogP contribution in [0.1, 0.15) is 31.2 Å². The SMILES string of the molecule is COC(=O)C1(CCc2ccc(OC)cc2)Sc2ccccc2N(CCN2CCCCC2)C1=O. The second-order valence-corrected chi connectivity index (χ2v) is 9.94. The van der Waals surface area contributed by atoms with E-state index in [0.717, 1.165) is 41.5 Å². The molecule has 0 aromatic heterocycles. The molecule has 0 saturated carbocycles. The lowest BCUT2D eigenvalue weighted by molar-refractivity contribution is -0.147. The highest BCUT2D eigenvalue weighted by Gasteiger charge is 2.53. The van der Waals surface area contributed by atoms with Gasteiger partial charge in [0.15, 0.2) is 4.75 Å². The molecular weight excluding hydrogens is 436 g/mol. The standard InChI is InChI=1S/C26H32N2O4S/c1-31-21-12-10-20(11-13-21)14-15-26(25(30)32-2)24(29)28(19-18-27-16-6-3-7-17-27)22-8-4-5-9-23(22)33-26/h4-5,8-13H,3,6-7,14-19H2,1-2H3. The van der Waals surface area contributed by atoms with Gasteiger partial charge in [0.25, 0.3) is 5.91 Å². The number of piperidine rings is 1. The number of amides is 1. The number of nitrogens with zero attached hydrogens (tertiary/aromatic N) is 2. The molecule has 2 aromatic rings. The maximum atomic E-state index is 14.0. The summed E-state index contributed by atoms with van der Waals surface area (Å²) in [6.45, 7) is 3.51. The summed E-state index contributed by atoms with van der Waals surface area (Å²) < 4.78 is 9.15. The van der Waals surface area contributed by atoms with Crippen LogP contribution in [0.2, 0.25) is 0 Å². The van der Waals surface area contributed by atoms with E-state index in [1.807, 2.05) is 53.4 Å². The highest BCUT2D eigenvalue weighted by molar-refractivity contribution is 8.02. The van der Waals surface area contributed by atoms with Gasteiger partial charge in [0.1, 0.15) is 5.75 Å². The molecule has 2 aliphatic rings. The van der Waals surface area contributed by atoms with E-state index in [1.165, 1.54) is 38.1 Å². The summed E-state index contributed by atoms with van der Waals surface area (Å²) in [7, 11) is 3.00. The van der Waals surface area contributed by atoms with Crippen molar-refractivity contribution in [2.75, 3.05) is 45.3 Å². The zero-order chi connectivity index (χ0) is 23.3. The van der Waals surface area contributed by atoms with Gasteiger partial charge in [-0.15, -0.1) is 0 Å². The number of thioether (sulfide) groups is 1.